The minimum atomic E-state index is -2.92. The van der Waals surface area contributed by atoms with Crippen LogP contribution in [0.15, 0.2) is 24.3 Å². The van der Waals surface area contributed by atoms with Gasteiger partial charge in [0.15, 0.2) is 6.07 Å². The van der Waals surface area contributed by atoms with Gasteiger partial charge in [-0.05, 0) is 12.1 Å². The van der Waals surface area contributed by atoms with E-state index < -0.39 is 13.3 Å². The normalized spacial score (nSPS) is 7.37. The third kappa shape index (κ3) is 15.9. The molecule has 88 valence electrons. The number of phenolic OH excluding ortho intramolecular Hbond substituents is 1. The number of halogens is 1. The summed E-state index contributed by atoms with van der Waals surface area (Å²) >= 11 is 5.17. The average Bonchev–Trinajstić information content (AvgIpc) is 2.17. The third-order valence-electron chi connectivity index (χ3n) is 1.31. The zero-order valence-electron chi connectivity index (χ0n) is 11.0. The van der Waals surface area contributed by atoms with Crippen molar-refractivity contribution in [2.45, 2.75) is 0 Å². The molecule has 1 aromatic carbocycles. The van der Waals surface area contributed by atoms with Crippen molar-refractivity contribution >= 4 is 24.9 Å². The molecule has 0 aliphatic rings. The number of phenols is 1. The maximum atomic E-state index is 11.0. The Morgan fingerprint density at radius 3 is 2.00 bits per heavy atom. The van der Waals surface area contributed by atoms with Crippen LogP contribution in [0, 0.1) is 0 Å². The van der Waals surface area contributed by atoms with Crippen molar-refractivity contribution < 1.29 is 118 Å². The first-order chi connectivity index (χ1) is 7.49. The van der Waals surface area contributed by atoms with Crippen LogP contribution >= 0.6 is 11.6 Å². The van der Waals surface area contributed by atoms with E-state index in [1.165, 1.54) is 12.1 Å². The largest absolute Gasteiger partial charge is 1.00 e. The average molecular weight is 314 g/mol. The molecule has 0 radical (unpaired) electrons. The van der Waals surface area contributed by atoms with Gasteiger partial charge in [0.05, 0.1) is 0 Å². The number of carbonyl (C=O) groups excluding carboxylic acids is 1. The quantitative estimate of drug-likeness (QED) is 0.329. The molecular formula is C8H7BClNa3O6. The molecule has 11 heteroatoms. The number of carbonyl (C=O) groups is 1. The van der Waals surface area contributed by atoms with Crippen molar-refractivity contribution in [1.82, 2.24) is 0 Å². The molecule has 0 aliphatic carbocycles. The summed E-state index contributed by atoms with van der Waals surface area (Å²) in [6.45, 7) is 0. The van der Waals surface area contributed by atoms with Crippen LogP contribution in [0.1, 0.15) is 10.4 Å². The van der Waals surface area contributed by atoms with Gasteiger partial charge in [-0.25, -0.2) is 4.79 Å². The fourth-order valence-electron chi connectivity index (χ4n) is 0.774. The number of benzene rings is 1. The zero-order valence-corrected chi connectivity index (χ0v) is 17.7. The predicted molar refractivity (Wildman–Crippen MR) is 50.0 cm³/mol. The Morgan fingerprint density at radius 2 is 1.63 bits per heavy atom. The number of ether oxygens (including phenoxy) is 1. The smallest absolute Gasteiger partial charge is 0.907 e. The Hall–Kier alpha value is 1.72. The molecule has 0 saturated heterocycles. The van der Waals surface area contributed by atoms with Crippen molar-refractivity contribution in [1.29, 1.82) is 0 Å². The Labute approximate surface area is 182 Å². The number of para-hydroxylation sites is 1. The summed E-state index contributed by atoms with van der Waals surface area (Å²) in [6.07, 6.45) is 0. The van der Waals surface area contributed by atoms with Crippen molar-refractivity contribution in [3.8, 4) is 5.75 Å². The molecule has 0 aliphatic heterocycles. The van der Waals surface area contributed by atoms with Gasteiger partial charge in [-0.3, -0.25) is 7.32 Å². The molecule has 1 rings (SSSR count). The Kier molecular flexibility index (Phi) is 27.0. The van der Waals surface area contributed by atoms with Crippen LogP contribution in [-0.4, -0.2) is 24.5 Å². The van der Waals surface area contributed by atoms with Gasteiger partial charge < -0.3 is 24.9 Å². The molecule has 19 heavy (non-hydrogen) atoms. The Balaban J connectivity index is -0.000000144. The van der Waals surface area contributed by atoms with Gasteiger partial charge in [0.2, 0.25) is 0 Å². The summed E-state index contributed by atoms with van der Waals surface area (Å²) in [7, 11) is -2.92. The van der Waals surface area contributed by atoms with Gasteiger partial charge in [-0.15, -0.1) is 0 Å². The van der Waals surface area contributed by atoms with E-state index in [2.05, 4.69) is 4.74 Å². The van der Waals surface area contributed by atoms with Crippen molar-refractivity contribution in [3.05, 3.63) is 29.8 Å². The van der Waals surface area contributed by atoms with Gasteiger partial charge in [0.25, 0.3) is 0 Å². The van der Waals surface area contributed by atoms with E-state index in [1.807, 2.05) is 0 Å². The van der Waals surface area contributed by atoms with E-state index in [0.717, 1.165) is 0 Å². The van der Waals surface area contributed by atoms with E-state index in [9.17, 15) is 4.79 Å². The number of rotatable bonds is 2. The number of aromatic hydroxyl groups is 1. The van der Waals surface area contributed by atoms with E-state index in [-0.39, 0.29) is 106 Å². The summed E-state index contributed by atoms with van der Waals surface area (Å²) in [6, 6.07) is 5.90. The standard InChI is InChI=1S/C8H7ClO3.BO3.3Na/c9-5-12-8(11)6-3-1-2-4-7(6)10;2-1(3)4;;;/h1-4,10H,5H2;;;;/q;-3;3*+1. The van der Waals surface area contributed by atoms with Crippen LogP contribution < -0.4 is 104 Å². The molecule has 0 saturated carbocycles. The maximum absolute atomic E-state index is 11.0. The summed E-state index contributed by atoms with van der Waals surface area (Å²) in [5.41, 5.74) is 0.123. The second-order valence-corrected chi connectivity index (χ2v) is 2.56. The summed E-state index contributed by atoms with van der Waals surface area (Å²) < 4.78 is 4.48. The third-order valence-corrected chi connectivity index (χ3v) is 1.42. The predicted octanol–water partition coefficient (Wildman–Crippen LogP) is -11.2. The van der Waals surface area contributed by atoms with Crippen molar-refractivity contribution in [2.24, 2.45) is 0 Å². The number of esters is 1. The summed E-state index contributed by atoms with van der Waals surface area (Å²) in [5, 5.41) is 34.4. The fourth-order valence-corrected chi connectivity index (χ4v) is 0.873. The molecule has 0 atom stereocenters. The topological polar surface area (TPSA) is 116 Å². The first-order valence-electron chi connectivity index (χ1n) is 3.97. The molecule has 0 aromatic heterocycles. The van der Waals surface area contributed by atoms with E-state index in [0.29, 0.717) is 0 Å². The van der Waals surface area contributed by atoms with Crippen LogP contribution in [0.25, 0.3) is 0 Å². The number of hydrogen-bond donors (Lipinski definition) is 1. The maximum Gasteiger partial charge on any atom is 1.00 e. The van der Waals surface area contributed by atoms with Crippen molar-refractivity contribution in [2.75, 3.05) is 6.07 Å². The molecular weight excluding hydrogens is 307 g/mol. The van der Waals surface area contributed by atoms with Crippen LogP contribution in [0.5, 0.6) is 5.75 Å². The zero-order chi connectivity index (χ0) is 12.6. The molecule has 0 amide bonds. The van der Waals surface area contributed by atoms with Gasteiger partial charge in [-0.1, -0.05) is 23.7 Å². The van der Waals surface area contributed by atoms with Crippen molar-refractivity contribution in [3.63, 3.8) is 0 Å². The van der Waals surface area contributed by atoms with Crippen LogP contribution in [0.4, 0.5) is 0 Å². The van der Waals surface area contributed by atoms with Crippen LogP contribution in [0.2, 0.25) is 0 Å². The number of alkyl halides is 1. The molecule has 1 N–H and O–H groups in total. The SMILES string of the molecule is O=C(OCCl)c1ccccc1O.[Na+].[Na+].[Na+].[O-]B([O-])[O-]. The van der Waals surface area contributed by atoms with Gasteiger partial charge in [0.1, 0.15) is 11.3 Å². The molecule has 0 spiro atoms. The Morgan fingerprint density at radius 1 is 1.21 bits per heavy atom. The van der Waals surface area contributed by atoms with E-state index in [4.69, 9.17) is 31.8 Å². The molecule has 6 nitrogen and oxygen atoms in total. The Bertz CT molecular complexity index is 341. The minimum Gasteiger partial charge on any atom is -0.907 e. The van der Waals surface area contributed by atoms with Gasteiger partial charge >= 0.3 is 94.6 Å². The molecule has 0 fully saturated rings. The molecule has 0 bridgehead atoms. The molecule has 0 unspecified atom stereocenters. The second kappa shape index (κ2) is 17.8. The van der Waals surface area contributed by atoms with Gasteiger partial charge in [0, 0.05) is 0 Å². The van der Waals surface area contributed by atoms with Crippen LogP contribution in [-0.2, 0) is 4.74 Å². The van der Waals surface area contributed by atoms with Gasteiger partial charge in [-0.2, -0.15) is 0 Å². The first kappa shape index (κ1) is 28.8. The minimum absolute atomic E-state index is 0. The summed E-state index contributed by atoms with van der Waals surface area (Å²) in [4.78, 5) is 11.0. The van der Waals surface area contributed by atoms with E-state index in [1.54, 1.807) is 12.1 Å². The number of hydrogen-bond acceptors (Lipinski definition) is 6. The second-order valence-electron chi connectivity index (χ2n) is 2.35. The first-order valence-corrected chi connectivity index (χ1v) is 4.51. The fraction of sp³-hybridized carbons (Fsp3) is 0.125. The summed E-state index contributed by atoms with van der Waals surface area (Å²) in [5.74, 6) is -0.726. The molecule has 0 heterocycles. The van der Waals surface area contributed by atoms with Crippen LogP contribution in [0.3, 0.4) is 0 Å². The monoisotopic (exact) mass is 314 g/mol. The molecule has 1 aromatic rings. The van der Waals surface area contributed by atoms with E-state index >= 15 is 0 Å².